The van der Waals surface area contributed by atoms with E-state index in [9.17, 15) is 4.39 Å². The van der Waals surface area contributed by atoms with Crippen molar-refractivity contribution in [1.82, 2.24) is 14.9 Å². The van der Waals surface area contributed by atoms with Gasteiger partial charge >= 0.3 is 51.4 Å². The maximum atomic E-state index is 13.0. The Hall–Kier alpha value is -1.94. The van der Waals surface area contributed by atoms with Crippen molar-refractivity contribution in [3.63, 3.8) is 0 Å². The van der Waals surface area contributed by atoms with Crippen molar-refractivity contribution in [2.24, 2.45) is 0 Å². The molecule has 1 fully saturated rings. The molecular weight excluding hydrogens is 444 g/mol. The van der Waals surface area contributed by atoms with Crippen LogP contribution in [0.5, 0.6) is 5.75 Å². The summed E-state index contributed by atoms with van der Waals surface area (Å²) in [4.78, 5) is 13.2. The molecule has 0 saturated carbocycles. The van der Waals surface area contributed by atoms with Crippen LogP contribution < -0.4 is 66.8 Å². The molecule has 0 amide bonds. The van der Waals surface area contributed by atoms with Gasteiger partial charge in [0.2, 0.25) is 5.95 Å². The number of halogens is 1. The first kappa shape index (κ1) is 25.7. The summed E-state index contributed by atoms with van der Waals surface area (Å²) in [6, 6.07) is 19.4. The predicted molar refractivity (Wildman–Crippen MR) is 125 cm³/mol. The van der Waals surface area contributed by atoms with Gasteiger partial charge in [0.25, 0.3) is 0 Å². The van der Waals surface area contributed by atoms with Crippen molar-refractivity contribution in [2.75, 3.05) is 50.0 Å². The summed E-state index contributed by atoms with van der Waals surface area (Å²) in [5.41, 5.74) is 7.45. The summed E-state index contributed by atoms with van der Waals surface area (Å²) >= 11 is 0. The first-order valence-electron chi connectivity index (χ1n) is 10.6. The second kappa shape index (κ2) is 13.1. The first-order chi connectivity index (χ1) is 15.7. The number of piperazine rings is 1. The van der Waals surface area contributed by atoms with Crippen LogP contribution >= 0.6 is 0 Å². The number of hydrogen-bond acceptors (Lipinski definition) is 6. The van der Waals surface area contributed by atoms with Gasteiger partial charge in [-0.05, 0) is 12.1 Å². The predicted octanol–water partition coefficient (Wildman–Crippen LogP) is 0.469. The zero-order valence-corrected chi connectivity index (χ0v) is 21.9. The number of ether oxygens (including phenoxy) is 1. The van der Waals surface area contributed by atoms with E-state index in [-0.39, 0.29) is 63.2 Å². The average Bonchev–Trinajstić information content (AvgIpc) is 2.81. The summed E-state index contributed by atoms with van der Waals surface area (Å²) in [6.07, 6.45) is 5.55. The Morgan fingerprint density at radius 2 is 1.76 bits per heavy atom. The monoisotopic (exact) mass is 470 g/mol. The van der Waals surface area contributed by atoms with Crippen LogP contribution in [0.2, 0.25) is 0 Å². The van der Waals surface area contributed by atoms with E-state index >= 15 is 0 Å². The largest absolute Gasteiger partial charge is 1.00 e. The fourth-order valence-electron chi connectivity index (χ4n) is 3.47. The minimum absolute atomic E-state index is 0. The molecule has 1 aliphatic heterocycles. The van der Waals surface area contributed by atoms with Crippen molar-refractivity contribution in [2.45, 2.75) is 0 Å². The first-order valence-corrected chi connectivity index (χ1v) is 10.6. The van der Waals surface area contributed by atoms with E-state index in [1.54, 1.807) is 12.1 Å². The van der Waals surface area contributed by atoms with Crippen LogP contribution in [-0.4, -0.2) is 54.2 Å². The molecule has 0 aliphatic carbocycles. The quantitative estimate of drug-likeness (QED) is 0.381. The molecule has 1 aromatic heterocycles. The fraction of sp³-hybridized carbons (Fsp3) is 0.240. The molecule has 2 heterocycles. The molecule has 8 heteroatoms. The standard InChI is InChI=1S/C25H26FN5O.K/c26-21-11-9-20(10-12-21)5-4-6-22-19-24(29-25(27)28-22)31-15-13-30(14-16-31)17-18-32-23-7-2-1-3-8-23;/h1-12H,13-18H2,(H2,27,28,29);/q-2;+1/b6-4-;. The van der Waals surface area contributed by atoms with Gasteiger partial charge in [0, 0.05) is 38.5 Å². The molecule has 2 aromatic carbocycles. The number of anilines is 2. The summed E-state index contributed by atoms with van der Waals surface area (Å²) in [5.74, 6) is 1.57. The van der Waals surface area contributed by atoms with Crippen molar-refractivity contribution >= 4 is 17.8 Å². The Morgan fingerprint density at radius 3 is 2.48 bits per heavy atom. The Balaban J connectivity index is 0.00000306. The molecule has 1 saturated heterocycles. The molecule has 3 aromatic rings. The molecule has 2 N–H and O–H groups in total. The average molecular weight is 471 g/mol. The van der Waals surface area contributed by atoms with Crippen LogP contribution in [0.15, 0.2) is 60.7 Å². The minimum atomic E-state index is -0.253. The van der Waals surface area contributed by atoms with Gasteiger partial charge in [0.1, 0.15) is 18.2 Å². The topological polar surface area (TPSA) is 67.5 Å². The molecule has 166 valence electrons. The molecule has 1 aliphatic rings. The second-order valence-corrected chi connectivity index (χ2v) is 7.48. The van der Waals surface area contributed by atoms with Crippen molar-refractivity contribution in [3.05, 3.63) is 90.2 Å². The van der Waals surface area contributed by atoms with E-state index in [1.807, 2.05) is 48.9 Å². The number of para-hydroxylation sites is 1. The Labute approximate surface area is 237 Å². The van der Waals surface area contributed by atoms with Crippen LogP contribution in [0.1, 0.15) is 11.3 Å². The number of nitrogens with zero attached hydrogens (tertiary/aromatic N) is 4. The van der Waals surface area contributed by atoms with Gasteiger partial charge in [0.15, 0.2) is 0 Å². The summed E-state index contributed by atoms with van der Waals surface area (Å²) in [5, 5.41) is 0. The van der Waals surface area contributed by atoms with Crippen LogP contribution in [0.3, 0.4) is 0 Å². The molecule has 0 radical (unpaired) electrons. The van der Waals surface area contributed by atoms with Crippen LogP contribution in [-0.2, 0) is 0 Å². The molecule has 0 atom stereocenters. The molecule has 4 rings (SSSR count). The number of allylic oxidation sites excluding steroid dienone is 1. The van der Waals surface area contributed by atoms with Crippen molar-refractivity contribution in [1.29, 1.82) is 0 Å². The van der Waals surface area contributed by atoms with E-state index in [0.29, 0.717) is 18.1 Å². The SMILES string of the molecule is Nc1nc(/C=C\[CH-]c2ccc(F)cc2)[c-]c(N2CCN(CCOc3ccccc3)CC2)n1.[K+]. The van der Waals surface area contributed by atoms with Gasteiger partial charge in [-0.1, -0.05) is 36.0 Å². The minimum Gasteiger partial charge on any atom is -0.492 e. The van der Waals surface area contributed by atoms with Gasteiger partial charge in [-0.25, -0.2) is 9.37 Å². The van der Waals surface area contributed by atoms with Gasteiger partial charge in [-0.2, -0.15) is 24.6 Å². The van der Waals surface area contributed by atoms with E-state index in [2.05, 4.69) is 25.8 Å². The fourth-order valence-corrected chi connectivity index (χ4v) is 3.47. The van der Waals surface area contributed by atoms with Crippen LogP contribution in [0.4, 0.5) is 16.2 Å². The summed E-state index contributed by atoms with van der Waals surface area (Å²) in [6.45, 7) is 5.05. The van der Waals surface area contributed by atoms with Crippen molar-refractivity contribution < 1.29 is 60.5 Å². The Morgan fingerprint density at radius 1 is 1.03 bits per heavy atom. The van der Waals surface area contributed by atoms with Crippen molar-refractivity contribution in [3.8, 4) is 5.75 Å². The number of benzene rings is 2. The molecular formula is C25H26FKN5O-. The second-order valence-electron chi connectivity index (χ2n) is 7.48. The summed E-state index contributed by atoms with van der Waals surface area (Å²) in [7, 11) is 0. The maximum Gasteiger partial charge on any atom is 1.00 e. The third-order valence-corrected chi connectivity index (χ3v) is 5.20. The number of nitrogens with two attached hydrogens (primary N) is 1. The van der Waals surface area contributed by atoms with Crippen LogP contribution in [0.25, 0.3) is 6.08 Å². The summed E-state index contributed by atoms with van der Waals surface area (Å²) < 4.78 is 18.8. The zero-order chi connectivity index (χ0) is 22.2. The van der Waals surface area contributed by atoms with E-state index in [4.69, 9.17) is 10.5 Å². The molecule has 33 heavy (non-hydrogen) atoms. The van der Waals surface area contributed by atoms with Gasteiger partial charge in [0.05, 0.1) is 0 Å². The Kier molecular flexibility index (Phi) is 10.2. The zero-order valence-electron chi connectivity index (χ0n) is 18.8. The normalized spacial score (nSPS) is 14.2. The van der Waals surface area contributed by atoms with E-state index in [0.717, 1.165) is 44.0 Å². The van der Waals surface area contributed by atoms with E-state index < -0.39 is 0 Å². The van der Waals surface area contributed by atoms with Gasteiger partial charge in [-0.15, -0.1) is 17.7 Å². The number of nitrogen functional groups attached to an aromatic ring is 1. The third kappa shape index (κ3) is 8.10. The smallest absolute Gasteiger partial charge is 0.492 e. The number of aromatic nitrogens is 2. The molecule has 6 nitrogen and oxygen atoms in total. The van der Waals surface area contributed by atoms with Gasteiger partial charge in [-0.3, -0.25) is 9.88 Å². The van der Waals surface area contributed by atoms with E-state index in [1.165, 1.54) is 12.1 Å². The number of hydrogen-bond donors (Lipinski definition) is 1. The Bertz CT molecular complexity index is 1020. The number of rotatable bonds is 8. The third-order valence-electron chi connectivity index (χ3n) is 5.20. The molecule has 0 spiro atoms. The maximum absolute atomic E-state index is 13.0. The van der Waals surface area contributed by atoms with Crippen LogP contribution in [0, 0.1) is 18.3 Å². The van der Waals surface area contributed by atoms with Gasteiger partial charge < -0.3 is 15.4 Å². The molecule has 0 unspecified atom stereocenters. The molecule has 0 bridgehead atoms.